The SMILES string of the molecule is COC(=O)c1cc(-c2ccccc2)c2ccc3ccc(-c4ccc(-c5ccc6ccc7c(-c8ccccc8)cc(C(=O)OC)nc7c6n5)c(C)c4)nc3c2n1. The number of hydrogen-bond acceptors (Lipinski definition) is 8. The van der Waals surface area contributed by atoms with Crippen LogP contribution in [0.2, 0.25) is 0 Å². The van der Waals surface area contributed by atoms with Crippen LogP contribution in [0.1, 0.15) is 26.5 Å². The van der Waals surface area contributed by atoms with Gasteiger partial charge in [-0.05, 0) is 65.1 Å². The number of esters is 2. The molecule has 55 heavy (non-hydrogen) atoms. The van der Waals surface area contributed by atoms with Crippen molar-refractivity contribution in [2.45, 2.75) is 6.92 Å². The van der Waals surface area contributed by atoms with Crippen molar-refractivity contribution in [3.63, 3.8) is 0 Å². The average molecular weight is 717 g/mol. The summed E-state index contributed by atoms with van der Waals surface area (Å²) in [5, 5.41) is 3.60. The summed E-state index contributed by atoms with van der Waals surface area (Å²) in [6, 6.07) is 45.8. The third-order valence-electron chi connectivity index (χ3n) is 10.0. The number of aryl methyl sites for hydroxylation is 1. The highest BCUT2D eigenvalue weighted by Crippen LogP contribution is 2.36. The molecule has 0 atom stereocenters. The third kappa shape index (κ3) is 5.90. The van der Waals surface area contributed by atoms with Crippen LogP contribution in [0.15, 0.2) is 140 Å². The van der Waals surface area contributed by atoms with Gasteiger partial charge in [0.1, 0.15) is 11.4 Å². The number of carbonyl (C=O) groups is 2. The van der Waals surface area contributed by atoms with E-state index in [-0.39, 0.29) is 11.4 Å². The minimum Gasteiger partial charge on any atom is -0.464 e. The molecular weight excluding hydrogens is 685 g/mol. The fourth-order valence-electron chi connectivity index (χ4n) is 7.30. The molecule has 5 aromatic carbocycles. The van der Waals surface area contributed by atoms with Crippen molar-refractivity contribution in [3.05, 3.63) is 156 Å². The van der Waals surface area contributed by atoms with E-state index in [4.69, 9.17) is 29.4 Å². The number of methoxy groups -OCH3 is 2. The highest BCUT2D eigenvalue weighted by Gasteiger charge is 2.19. The Morgan fingerprint density at radius 2 is 0.909 bits per heavy atom. The van der Waals surface area contributed by atoms with Gasteiger partial charge in [0.2, 0.25) is 0 Å². The molecule has 0 fully saturated rings. The topological polar surface area (TPSA) is 104 Å². The van der Waals surface area contributed by atoms with E-state index in [0.29, 0.717) is 22.1 Å². The summed E-state index contributed by atoms with van der Waals surface area (Å²) in [6.45, 7) is 2.06. The minimum absolute atomic E-state index is 0.220. The Bertz CT molecular complexity index is 3000. The van der Waals surface area contributed by atoms with Crippen molar-refractivity contribution in [1.82, 2.24) is 19.9 Å². The van der Waals surface area contributed by atoms with E-state index in [0.717, 1.165) is 71.9 Å². The molecule has 4 heterocycles. The predicted octanol–water partition coefficient (Wildman–Crippen LogP) is 10.4. The van der Waals surface area contributed by atoms with E-state index >= 15 is 0 Å². The first-order valence-corrected chi connectivity index (χ1v) is 17.8. The molecule has 8 heteroatoms. The van der Waals surface area contributed by atoms with E-state index in [2.05, 4.69) is 19.1 Å². The number of fused-ring (bicyclic) bond motifs is 6. The number of ether oxygens (including phenoxy) is 2. The van der Waals surface area contributed by atoms with Crippen LogP contribution in [0.4, 0.5) is 0 Å². The van der Waals surface area contributed by atoms with Gasteiger partial charge < -0.3 is 9.47 Å². The monoisotopic (exact) mass is 716 g/mol. The summed E-state index contributed by atoms with van der Waals surface area (Å²) in [5.41, 5.74) is 11.2. The molecule has 264 valence electrons. The van der Waals surface area contributed by atoms with Gasteiger partial charge in [-0.15, -0.1) is 0 Å². The highest BCUT2D eigenvalue weighted by molar-refractivity contribution is 6.12. The first-order chi connectivity index (χ1) is 26.9. The van der Waals surface area contributed by atoms with Crippen molar-refractivity contribution in [3.8, 4) is 44.8 Å². The number of pyridine rings is 4. The number of aromatic nitrogens is 4. The second-order valence-corrected chi connectivity index (χ2v) is 13.3. The van der Waals surface area contributed by atoms with Crippen LogP contribution in [0.25, 0.3) is 88.4 Å². The van der Waals surface area contributed by atoms with Gasteiger partial charge in [-0.2, -0.15) is 0 Å². The van der Waals surface area contributed by atoms with E-state index in [9.17, 15) is 9.59 Å². The van der Waals surface area contributed by atoms with Gasteiger partial charge in [0, 0.05) is 32.7 Å². The number of carbonyl (C=O) groups excluding carboxylic acids is 2. The molecule has 4 aromatic heterocycles. The van der Waals surface area contributed by atoms with Crippen LogP contribution in [0.5, 0.6) is 0 Å². The van der Waals surface area contributed by atoms with Gasteiger partial charge in [-0.3, -0.25) is 0 Å². The normalized spacial score (nSPS) is 11.3. The summed E-state index contributed by atoms with van der Waals surface area (Å²) in [5.74, 6) is -1.02. The predicted molar refractivity (Wildman–Crippen MR) is 217 cm³/mol. The van der Waals surface area contributed by atoms with E-state index < -0.39 is 11.9 Å². The molecule has 0 saturated carbocycles. The molecule has 0 aliphatic rings. The summed E-state index contributed by atoms with van der Waals surface area (Å²) < 4.78 is 10.2. The quantitative estimate of drug-likeness (QED) is 0.124. The molecule has 0 saturated heterocycles. The zero-order chi connectivity index (χ0) is 37.6. The molecule has 0 radical (unpaired) electrons. The lowest BCUT2D eigenvalue weighted by Crippen LogP contribution is -2.05. The summed E-state index contributed by atoms with van der Waals surface area (Å²) in [4.78, 5) is 45.4. The van der Waals surface area contributed by atoms with Gasteiger partial charge in [0.25, 0.3) is 0 Å². The number of hydrogen-bond donors (Lipinski definition) is 0. The fourth-order valence-corrected chi connectivity index (χ4v) is 7.30. The van der Waals surface area contributed by atoms with Gasteiger partial charge >= 0.3 is 11.9 Å². The van der Waals surface area contributed by atoms with Crippen molar-refractivity contribution >= 4 is 55.6 Å². The van der Waals surface area contributed by atoms with Crippen LogP contribution >= 0.6 is 0 Å². The van der Waals surface area contributed by atoms with E-state index in [1.807, 2.05) is 115 Å². The summed E-state index contributed by atoms with van der Waals surface area (Å²) >= 11 is 0. The molecule has 0 aliphatic heterocycles. The molecule has 9 aromatic rings. The second kappa shape index (κ2) is 13.6. The molecule has 8 nitrogen and oxygen atoms in total. The van der Waals surface area contributed by atoms with Crippen LogP contribution in [0.3, 0.4) is 0 Å². The largest absolute Gasteiger partial charge is 0.464 e. The van der Waals surface area contributed by atoms with E-state index in [1.54, 1.807) is 12.1 Å². The Morgan fingerprint density at radius 3 is 1.40 bits per heavy atom. The lowest BCUT2D eigenvalue weighted by molar-refractivity contribution is 0.0586. The van der Waals surface area contributed by atoms with E-state index in [1.165, 1.54) is 14.2 Å². The standard InChI is InChI=1S/C47H32N4O4/c1-27-24-32(38-22-17-30-14-20-34-36(28-10-6-4-7-11-28)25-40(46(52)54-2)50-44(34)42(30)48-38)16-19-33(27)39-23-18-31-15-21-35-37(29-12-8-5-9-13-29)26-41(47(53)55-3)51-45(35)43(31)49-39/h4-26H,1-3H3. The maximum Gasteiger partial charge on any atom is 0.356 e. The maximum atomic E-state index is 12.8. The maximum absolute atomic E-state index is 12.8. The molecule has 0 unspecified atom stereocenters. The highest BCUT2D eigenvalue weighted by atomic mass is 16.5. The average Bonchev–Trinajstić information content (AvgIpc) is 3.25. The summed E-state index contributed by atoms with van der Waals surface area (Å²) in [7, 11) is 2.72. The number of rotatable bonds is 6. The first-order valence-electron chi connectivity index (χ1n) is 17.8. The van der Waals surface area contributed by atoms with Gasteiger partial charge in [0.15, 0.2) is 0 Å². The van der Waals surface area contributed by atoms with Gasteiger partial charge in [0.05, 0.1) is 47.7 Å². The molecule has 0 spiro atoms. The summed E-state index contributed by atoms with van der Waals surface area (Å²) in [6.07, 6.45) is 0. The number of benzene rings is 5. The molecule has 0 N–H and O–H groups in total. The molecule has 0 amide bonds. The zero-order valence-electron chi connectivity index (χ0n) is 30.2. The molecule has 0 bridgehead atoms. The fraction of sp³-hybridized carbons (Fsp3) is 0.0638. The zero-order valence-corrected chi connectivity index (χ0v) is 30.2. The number of nitrogens with zero attached hydrogens (tertiary/aromatic N) is 4. The van der Waals surface area contributed by atoms with Crippen molar-refractivity contribution in [2.75, 3.05) is 14.2 Å². The Labute approximate surface area is 316 Å². The van der Waals surface area contributed by atoms with Gasteiger partial charge in [-0.25, -0.2) is 29.5 Å². The Kier molecular flexibility index (Phi) is 8.28. The van der Waals surface area contributed by atoms with Crippen molar-refractivity contribution in [2.24, 2.45) is 0 Å². The molecule has 9 rings (SSSR count). The van der Waals surface area contributed by atoms with Crippen molar-refractivity contribution in [1.29, 1.82) is 0 Å². The second-order valence-electron chi connectivity index (χ2n) is 13.3. The van der Waals surface area contributed by atoms with Crippen molar-refractivity contribution < 1.29 is 19.1 Å². The van der Waals surface area contributed by atoms with Crippen LogP contribution < -0.4 is 0 Å². The van der Waals surface area contributed by atoms with Crippen LogP contribution in [-0.2, 0) is 9.47 Å². The Morgan fingerprint density at radius 1 is 0.436 bits per heavy atom. The molecule has 0 aliphatic carbocycles. The lowest BCUT2D eigenvalue weighted by Gasteiger charge is -2.13. The Balaban J connectivity index is 1.16. The van der Waals surface area contributed by atoms with Crippen LogP contribution in [-0.4, -0.2) is 46.1 Å². The smallest absolute Gasteiger partial charge is 0.356 e. The minimum atomic E-state index is -0.509. The third-order valence-corrected chi connectivity index (χ3v) is 10.0. The first kappa shape index (κ1) is 33.5. The lowest BCUT2D eigenvalue weighted by atomic mass is 9.97. The Hall–Kier alpha value is -7.32. The van der Waals surface area contributed by atoms with Crippen LogP contribution in [0, 0.1) is 6.92 Å². The van der Waals surface area contributed by atoms with Gasteiger partial charge in [-0.1, -0.05) is 109 Å². The molecular formula is C47H32N4O4.